The highest BCUT2D eigenvalue weighted by Crippen LogP contribution is 2.03. The summed E-state index contributed by atoms with van der Waals surface area (Å²) in [6, 6.07) is -0.799. The highest BCUT2D eigenvalue weighted by Gasteiger charge is 2.10. The highest BCUT2D eigenvalue weighted by atomic mass is 16.4. The fourth-order valence-electron chi connectivity index (χ4n) is 1.06. The summed E-state index contributed by atoms with van der Waals surface area (Å²) in [6.45, 7) is 1.79. The zero-order valence-corrected chi connectivity index (χ0v) is 8.40. The van der Waals surface area contributed by atoms with Crippen LogP contribution in [0.2, 0.25) is 0 Å². The van der Waals surface area contributed by atoms with Crippen LogP contribution in [0.15, 0.2) is 12.2 Å². The van der Waals surface area contributed by atoms with E-state index in [0.29, 0.717) is 25.7 Å². The molecule has 0 saturated carbocycles. The molecule has 0 radical (unpaired) electrons. The first kappa shape index (κ1) is 12.8. The Morgan fingerprint density at radius 1 is 1.43 bits per heavy atom. The van der Waals surface area contributed by atoms with Gasteiger partial charge in [0.2, 0.25) is 0 Å². The first-order valence-electron chi connectivity index (χ1n) is 4.72. The van der Waals surface area contributed by atoms with Crippen LogP contribution in [0.1, 0.15) is 32.6 Å². The minimum atomic E-state index is -0.982. The Kier molecular flexibility index (Phi) is 6.66. The van der Waals surface area contributed by atoms with Crippen molar-refractivity contribution in [3.05, 3.63) is 12.2 Å². The number of carboxylic acids is 1. The third-order valence-electron chi connectivity index (χ3n) is 1.86. The van der Waals surface area contributed by atoms with Gasteiger partial charge in [-0.3, -0.25) is 9.59 Å². The Morgan fingerprint density at radius 3 is 2.57 bits per heavy atom. The number of nitrogens with two attached hydrogens (primary N) is 1. The van der Waals surface area contributed by atoms with E-state index < -0.39 is 12.0 Å². The Bertz CT molecular complexity index is 223. The van der Waals surface area contributed by atoms with Crippen LogP contribution in [-0.2, 0) is 9.59 Å². The molecule has 0 aliphatic rings. The van der Waals surface area contributed by atoms with Gasteiger partial charge in [-0.25, -0.2) is 0 Å². The lowest BCUT2D eigenvalue weighted by Gasteiger charge is -2.04. The maximum atomic E-state index is 11.0. The fourth-order valence-corrected chi connectivity index (χ4v) is 1.06. The van der Waals surface area contributed by atoms with Crippen molar-refractivity contribution in [2.24, 2.45) is 5.73 Å². The van der Waals surface area contributed by atoms with E-state index in [1.807, 2.05) is 0 Å². The molecule has 4 nitrogen and oxygen atoms in total. The standard InChI is InChI=1S/C10H17NO3/c1-2-5-8(12)6-3-4-7-9(11)10(13)14/h2,5,9H,3-4,6-7,11H2,1H3,(H,13,14)/b5-2+. The average molecular weight is 199 g/mol. The number of allylic oxidation sites excluding steroid dienone is 2. The van der Waals surface area contributed by atoms with Crippen molar-refractivity contribution in [3.8, 4) is 0 Å². The second-order valence-electron chi connectivity index (χ2n) is 3.16. The zero-order valence-electron chi connectivity index (χ0n) is 8.40. The Balaban J connectivity index is 3.47. The first-order chi connectivity index (χ1) is 6.57. The van der Waals surface area contributed by atoms with Crippen LogP contribution in [0.25, 0.3) is 0 Å². The van der Waals surface area contributed by atoms with Crippen LogP contribution < -0.4 is 5.73 Å². The molecule has 0 bridgehead atoms. The molecule has 0 aromatic carbocycles. The molecule has 14 heavy (non-hydrogen) atoms. The molecule has 1 atom stereocenters. The normalized spacial score (nSPS) is 13.0. The zero-order chi connectivity index (χ0) is 11.0. The van der Waals surface area contributed by atoms with Gasteiger partial charge >= 0.3 is 5.97 Å². The third kappa shape index (κ3) is 6.37. The molecule has 4 heteroatoms. The van der Waals surface area contributed by atoms with Crippen molar-refractivity contribution >= 4 is 11.8 Å². The molecule has 1 unspecified atom stereocenters. The minimum Gasteiger partial charge on any atom is -0.480 e. The lowest BCUT2D eigenvalue weighted by molar-refractivity contribution is -0.138. The summed E-state index contributed by atoms with van der Waals surface area (Å²) < 4.78 is 0. The van der Waals surface area contributed by atoms with Gasteiger partial charge in [0.25, 0.3) is 0 Å². The second-order valence-corrected chi connectivity index (χ2v) is 3.16. The van der Waals surface area contributed by atoms with Crippen LogP contribution in [0.5, 0.6) is 0 Å². The van der Waals surface area contributed by atoms with Crippen molar-refractivity contribution in [2.75, 3.05) is 0 Å². The summed E-state index contributed by atoms with van der Waals surface area (Å²) in [7, 11) is 0. The quantitative estimate of drug-likeness (QED) is 0.475. The Morgan fingerprint density at radius 2 is 2.07 bits per heavy atom. The molecule has 0 aromatic heterocycles. The summed E-state index contributed by atoms with van der Waals surface area (Å²) in [6.07, 6.45) is 5.50. The number of hydrogen-bond donors (Lipinski definition) is 2. The molecular weight excluding hydrogens is 182 g/mol. The van der Waals surface area contributed by atoms with Crippen LogP contribution in [0.3, 0.4) is 0 Å². The number of carbonyl (C=O) groups is 2. The molecule has 0 aliphatic heterocycles. The maximum Gasteiger partial charge on any atom is 0.320 e. The minimum absolute atomic E-state index is 0.0800. The Labute approximate surface area is 83.8 Å². The van der Waals surface area contributed by atoms with E-state index in [1.54, 1.807) is 13.0 Å². The highest BCUT2D eigenvalue weighted by molar-refractivity contribution is 5.89. The fraction of sp³-hybridized carbons (Fsp3) is 0.600. The largest absolute Gasteiger partial charge is 0.480 e. The van der Waals surface area contributed by atoms with Gasteiger partial charge < -0.3 is 10.8 Å². The molecule has 0 aliphatic carbocycles. The summed E-state index contributed by atoms with van der Waals surface area (Å²) in [5, 5.41) is 8.47. The lowest BCUT2D eigenvalue weighted by atomic mass is 10.1. The van der Waals surface area contributed by atoms with Gasteiger partial charge in [-0.05, 0) is 25.8 Å². The summed E-state index contributed by atoms with van der Waals surface area (Å²) in [5.74, 6) is -0.902. The summed E-state index contributed by atoms with van der Waals surface area (Å²) >= 11 is 0. The number of carboxylic acid groups (broad SMARTS) is 1. The molecule has 0 spiro atoms. The van der Waals surface area contributed by atoms with E-state index in [0.717, 1.165) is 0 Å². The number of ketones is 1. The molecule has 0 aromatic rings. The summed E-state index contributed by atoms with van der Waals surface area (Å²) in [5.41, 5.74) is 5.29. The smallest absolute Gasteiger partial charge is 0.320 e. The van der Waals surface area contributed by atoms with Crippen molar-refractivity contribution in [2.45, 2.75) is 38.6 Å². The summed E-state index contributed by atoms with van der Waals surface area (Å²) in [4.78, 5) is 21.3. The number of carbonyl (C=O) groups excluding carboxylic acids is 1. The molecule has 0 heterocycles. The molecule has 0 amide bonds. The SMILES string of the molecule is C/C=C/C(=O)CCCCC(N)C(=O)O. The van der Waals surface area contributed by atoms with Crippen molar-refractivity contribution in [1.82, 2.24) is 0 Å². The van der Waals surface area contributed by atoms with Crippen LogP contribution in [0.4, 0.5) is 0 Å². The molecule has 0 rings (SSSR count). The predicted molar refractivity (Wildman–Crippen MR) is 53.9 cm³/mol. The topological polar surface area (TPSA) is 80.4 Å². The number of rotatable bonds is 7. The predicted octanol–water partition coefficient (Wildman–Crippen LogP) is 1.10. The number of aliphatic carboxylic acids is 1. The molecule has 0 saturated heterocycles. The second kappa shape index (κ2) is 7.26. The van der Waals surface area contributed by atoms with Crippen molar-refractivity contribution < 1.29 is 14.7 Å². The molecule has 3 N–H and O–H groups in total. The maximum absolute atomic E-state index is 11.0. The van der Waals surface area contributed by atoms with Gasteiger partial charge in [-0.15, -0.1) is 0 Å². The van der Waals surface area contributed by atoms with E-state index in [9.17, 15) is 9.59 Å². The number of hydrogen-bond acceptors (Lipinski definition) is 3. The van der Waals surface area contributed by atoms with E-state index in [4.69, 9.17) is 10.8 Å². The van der Waals surface area contributed by atoms with Crippen LogP contribution >= 0.6 is 0 Å². The third-order valence-corrected chi connectivity index (χ3v) is 1.86. The van der Waals surface area contributed by atoms with Gasteiger partial charge in [0, 0.05) is 6.42 Å². The molecule has 0 fully saturated rings. The average Bonchev–Trinajstić information content (AvgIpc) is 2.12. The van der Waals surface area contributed by atoms with Gasteiger partial charge in [0.15, 0.2) is 5.78 Å². The first-order valence-corrected chi connectivity index (χ1v) is 4.72. The van der Waals surface area contributed by atoms with E-state index in [2.05, 4.69) is 0 Å². The van der Waals surface area contributed by atoms with Gasteiger partial charge in [0.05, 0.1) is 0 Å². The van der Waals surface area contributed by atoms with Crippen LogP contribution in [0, 0.1) is 0 Å². The number of unbranched alkanes of at least 4 members (excludes halogenated alkanes) is 1. The lowest BCUT2D eigenvalue weighted by Crippen LogP contribution is -2.29. The Hall–Kier alpha value is -1.16. The van der Waals surface area contributed by atoms with E-state index in [-0.39, 0.29) is 5.78 Å². The monoisotopic (exact) mass is 199 g/mol. The van der Waals surface area contributed by atoms with Gasteiger partial charge in [-0.1, -0.05) is 12.5 Å². The van der Waals surface area contributed by atoms with Crippen molar-refractivity contribution in [1.29, 1.82) is 0 Å². The van der Waals surface area contributed by atoms with Crippen LogP contribution in [-0.4, -0.2) is 22.9 Å². The van der Waals surface area contributed by atoms with E-state index >= 15 is 0 Å². The van der Waals surface area contributed by atoms with Gasteiger partial charge in [-0.2, -0.15) is 0 Å². The van der Waals surface area contributed by atoms with E-state index in [1.165, 1.54) is 6.08 Å². The van der Waals surface area contributed by atoms with Gasteiger partial charge in [0.1, 0.15) is 6.04 Å². The van der Waals surface area contributed by atoms with Crippen molar-refractivity contribution in [3.63, 3.8) is 0 Å². The molecular formula is C10H17NO3. The molecule has 80 valence electrons.